The number of nitrogens with zero attached hydrogens (tertiary/aromatic N) is 2. The highest BCUT2D eigenvalue weighted by Gasteiger charge is 2.34. The van der Waals surface area contributed by atoms with Gasteiger partial charge in [-0.15, -0.1) is 0 Å². The van der Waals surface area contributed by atoms with Gasteiger partial charge in [0.05, 0.1) is 5.69 Å². The maximum Gasteiger partial charge on any atom is 0.232 e. The molecule has 1 aromatic rings. The number of nitrogens with one attached hydrogen (secondary N) is 2. The van der Waals surface area contributed by atoms with Gasteiger partial charge in [0.1, 0.15) is 17.4 Å². The van der Waals surface area contributed by atoms with E-state index in [4.69, 9.17) is 0 Å². The van der Waals surface area contributed by atoms with Crippen LogP contribution in [-0.4, -0.2) is 43.9 Å². The third kappa shape index (κ3) is 3.55. The summed E-state index contributed by atoms with van der Waals surface area (Å²) in [4.78, 5) is 31.0. The highest BCUT2D eigenvalue weighted by molar-refractivity contribution is 6.13. The number of hydrogen-bond donors (Lipinski definition) is 2. The van der Waals surface area contributed by atoms with Crippen LogP contribution < -0.4 is 15.5 Å². The number of rotatable bonds is 5. The lowest BCUT2D eigenvalue weighted by Crippen LogP contribution is -2.43. The Kier molecular flexibility index (Phi) is 5.00. The summed E-state index contributed by atoms with van der Waals surface area (Å²) >= 11 is 0. The van der Waals surface area contributed by atoms with Crippen LogP contribution in [0.3, 0.4) is 0 Å². The first-order chi connectivity index (χ1) is 10.4. The molecule has 1 unspecified atom stereocenters. The van der Waals surface area contributed by atoms with Gasteiger partial charge in [-0.3, -0.25) is 9.59 Å². The Labute approximate surface area is 131 Å². The molecule has 1 aromatic heterocycles. The fraction of sp³-hybridized carbons (Fsp3) is 0.562. The predicted molar refractivity (Wildman–Crippen MR) is 87.3 cm³/mol. The second-order valence-electron chi connectivity index (χ2n) is 6.23. The first kappa shape index (κ1) is 16.3. The van der Waals surface area contributed by atoms with E-state index in [0.29, 0.717) is 36.2 Å². The van der Waals surface area contributed by atoms with Gasteiger partial charge >= 0.3 is 0 Å². The Bertz CT molecular complexity index is 569. The number of aromatic nitrogens is 1. The minimum Gasteiger partial charge on any atom is -0.382 e. The van der Waals surface area contributed by atoms with E-state index < -0.39 is 5.92 Å². The number of carbonyl (C=O) groups is 2. The Morgan fingerprint density at radius 2 is 2.18 bits per heavy atom. The average molecular weight is 304 g/mol. The first-order valence-electron chi connectivity index (χ1n) is 7.64. The van der Waals surface area contributed by atoms with Crippen LogP contribution in [-0.2, 0) is 4.79 Å². The van der Waals surface area contributed by atoms with E-state index in [1.54, 1.807) is 0 Å². The summed E-state index contributed by atoms with van der Waals surface area (Å²) < 4.78 is 0. The van der Waals surface area contributed by atoms with Crippen LogP contribution in [0.1, 0.15) is 30.8 Å². The molecule has 6 nitrogen and oxygen atoms in total. The molecule has 1 aliphatic rings. The summed E-state index contributed by atoms with van der Waals surface area (Å²) in [6, 6.07) is 3.69. The van der Waals surface area contributed by atoms with Gasteiger partial charge < -0.3 is 15.5 Å². The van der Waals surface area contributed by atoms with Crippen LogP contribution in [0, 0.1) is 11.8 Å². The summed E-state index contributed by atoms with van der Waals surface area (Å²) in [5, 5.41) is 5.97. The molecular weight excluding hydrogens is 280 g/mol. The van der Waals surface area contributed by atoms with Crippen LogP contribution in [0.15, 0.2) is 12.1 Å². The number of carbonyl (C=O) groups excluding carboxylic acids is 2. The van der Waals surface area contributed by atoms with Crippen LogP contribution in [0.5, 0.6) is 0 Å². The molecule has 0 radical (unpaired) electrons. The largest absolute Gasteiger partial charge is 0.382 e. The van der Waals surface area contributed by atoms with E-state index in [1.165, 1.54) is 0 Å². The molecule has 0 aromatic carbocycles. The summed E-state index contributed by atoms with van der Waals surface area (Å²) in [5.74, 6) is 0.0882. The predicted octanol–water partition coefficient (Wildman–Crippen LogP) is 1.53. The standard InChI is InChI=1S/C16H24N4O2/c1-10(2)7-8-17-16(22)11-9-18-12-5-6-13(20(3)4)19-14(12)15(11)21/h5-6,10-11,18H,7-9H2,1-4H3,(H,17,22). The topological polar surface area (TPSA) is 74.3 Å². The lowest BCUT2D eigenvalue weighted by molar-refractivity contribution is -0.123. The van der Waals surface area contributed by atoms with Gasteiger partial charge in [-0.05, 0) is 24.5 Å². The summed E-state index contributed by atoms with van der Waals surface area (Å²) in [7, 11) is 3.73. The molecule has 0 saturated heterocycles. The number of anilines is 2. The van der Waals surface area contributed by atoms with Crippen molar-refractivity contribution in [1.82, 2.24) is 10.3 Å². The zero-order valence-electron chi connectivity index (χ0n) is 13.6. The van der Waals surface area contributed by atoms with Crippen molar-refractivity contribution in [3.05, 3.63) is 17.8 Å². The number of fused-ring (bicyclic) bond motifs is 1. The molecule has 6 heteroatoms. The molecule has 1 amide bonds. The lowest BCUT2D eigenvalue weighted by atomic mass is 9.95. The highest BCUT2D eigenvalue weighted by Crippen LogP contribution is 2.25. The molecule has 120 valence electrons. The van der Waals surface area contributed by atoms with Gasteiger partial charge in [0.2, 0.25) is 5.91 Å². The van der Waals surface area contributed by atoms with Crippen molar-refractivity contribution < 1.29 is 9.59 Å². The van der Waals surface area contributed by atoms with Crippen molar-refractivity contribution in [2.75, 3.05) is 37.4 Å². The highest BCUT2D eigenvalue weighted by atomic mass is 16.2. The third-order valence-electron chi connectivity index (χ3n) is 3.72. The van der Waals surface area contributed by atoms with Gasteiger partial charge in [-0.25, -0.2) is 4.98 Å². The SMILES string of the molecule is CC(C)CCNC(=O)C1CNc2ccc(N(C)C)nc2C1=O. The normalized spacial score (nSPS) is 17.0. The minimum atomic E-state index is -0.704. The van der Waals surface area contributed by atoms with Crippen molar-refractivity contribution in [3.63, 3.8) is 0 Å². The fourth-order valence-electron chi connectivity index (χ4n) is 2.32. The monoisotopic (exact) mass is 304 g/mol. The van der Waals surface area contributed by atoms with E-state index in [9.17, 15) is 9.59 Å². The summed E-state index contributed by atoms with van der Waals surface area (Å²) in [6.45, 7) is 5.12. The first-order valence-corrected chi connectivity index (χ1v) is 7.64. The molecule has 1 atom stereocenters. The number of Topliss-reactive ketones (excluding diaryl/α,β-unsaturated/α-hetero) is 1. The molecule has 0 fully saturated rings. The molecular formula is C16H24N4O2. The molecule has 2 N–H and O–H groups in total. The van der Waals surface area contributed by atoms with Crippen molar-refractivity contribution in [2.24, 2.45) is 11.8 Å². The van der Waals surface area contributed by atoms with Crippen LogP contribution >= 0.6 is 0 Å². The van der Waals surface area contributed by atoms with Crippen LogP contribution in [0.4, 0.5) is 11.5 Å². The molecule has 1 aliphatic heterocycles. The average Bonchev–Trinajstić information content (AvgIpc) is 2.46. The van der Waals surface area contributed by atoms with Gasteiger partial charge in [0, 0.05) is 27.2 Å². The molecule has 0 saturated carbocycles. The second-order valence-corrected chi connectivity index (χ2v) is 6.23. The molecule has 2 rings (SSSR count). The molecule has 0 aliphatic carbocycles. The van der Waals surface area contributed by atoms with Gasteiger partial charge in [0.15, 0.2) is 5.78 Å². The quantitative estimate of drug-likeness (QED) is 0.807. The Hall–Kier alpha value is -2.11. The second kappa shape index (κ2) is 6.77. The third-order valence-corrected chi connectivity index (χ3v) is 3.72. The minimum absolute atomic E-state index is 0.209. The zero-order valence-corrected chi connectivity index (χ0v) is 13.6. The number of amides is 1. The van der Waals surface area contributed by atoms with Gasteiger partial charge in [-0.2, -0.15) is 0 Å². The summed E-state index contributed by atoms with van der Waals surface area (Å²) in [5.41, 5.74) is 1.04. The number of pyridine rings is 1. The van der Waals surface area contributed by atoms with Crippen molar-refractivity contribution in [3.8, 4) is 0 Å². The molecule has 2 heterocycles. The zero-order chi connectivity index (χ0) is 16.3. The lowest BCUT2D eigenvalue weighted by Gasteiger charge is -2.25. The molecule has 22 heavy (non-hydrogen) atoms. The number of ketones is 1. The Morgan fingerprint density at radius 3 is 2.82 bits per heavy atom. The molecule has 0 spiro atoms. The van der Waals surface area contributed by atoms with Gasteiger partial charge in [0.25, 0.3) is 0 Å². The smallest absolute Gasteiger partial charge is 0.232 e. The fourth-order valence-corrected chi connectivity index (χ4v) is 2.32. The van der Waals surface area contributed by atoms with Crippen molar-refractivity contribution in [1.29, 1.82) is 0 Å². The van der Waals surface area contributed by atoms with Gasteiger partial charge in [-0.1, -0.05) is 13.8 Å². The summed E-state index contributed by atoms with van der Waals surface area (Å²) in [6.07, 6.45) is 0.902. The number of hydrogen-bond acceptors (Lipinski definition) is 5. The maximum absolute atomic E-state index is 12.5. The van der Waals surface area contributed by atoms with E-state index in [-0.39, 0.29) is 11.7 Å². The maximum atomic E-state index is 12.5. The van der Waals surface area contributed by atoms with Crippen LogP contribution in [0.2, 0.25) is 0 Å². The van der Waals surface area contributed by atoms with Crippen molar-refractivity contribution in [2.45, 2.75) is 20.3 Å². The van der Waals surface area contributed by atoms with E-state index in [0.717, 1.165) is 6.42 Å². The van der Waals surface area contributed by atoms with E-state index >= 15 is 0 Å². The Balaban J connectivity index is 2.10. The Morgan fingerprint density at radius 1 is 1.45 bits per heavy atom. The van der Waals surface area contributed by atoms with Crippen LogP contribution in [0.25, 0.3) is 0 Å². The van der Waals surface area contributed by atoms with E-state index in [2.05, 4.69) is 29.5 Å². The molecule has 0 bridgehead atoms. The van der Waals surface area contributed by atoms with Crippen molar-refractivity contribution >= 4 is 23.2 Å². The van der Waals surface area contributed by atoms with E-state index in [1.807, 2.05) is 31.1 Å².